The normalized spacial score (nSPS) is 34.9. The molecule has 1 aromatic heterocycles. The first kappa shape index (κ1) is 29.9. The fourth-order valence-corrected chi connectivity index (χ4v) is 6.60. The molecule has 218 valence electrons. The van der Waals surface area contributed by atoms with Crippen LogP contribution in [0.25, 0.3) is 0 Å². The Morgan fingerprint density at radius 3 is 2.62 bits per heavy atom. The minimum absolute atomic E-state index is 0.0997. The number of carbonyl (C=O) groups is 3. The summed E-state index contributed by atoms with van der Waals surface area (Å²) in [7, 11) is -3.48. The molecule has 0 aromatic carbocycles. The number of allylic oxidation sites excluding steroid dienone is 3. The number of esters is 2. The molecule has 3 aliphatic rings. The Hall–Kier alpha value is -3.06. The zero-order valence-corrected chi connectivity index (χ0v) is 23.8. The Labute approximate surface area is 233 Å². The molecule has 2 heterocycles. The highest BCUT2D eigenvalue weighted by Gasteiger charge is 2.51. The van der Waals surface area contributed by atoms with E-state index in [0.29, 0.717) is 16.8 Å². The van der Waals surface area contributed by atoms with E-state index in [0.717, 1.165) is 0 Å². The van der Waals surface area contributed by atoms with Crippen molar-refractivity contribution in [2.24, 2.45) is 23.2 Å². The van der Waals surface area contributed by atoms with Gasteiger partial charge in [0.15, 0.2) is 6.10 Å². The summed E-state index contributed by atoms with van der Waals surface area (Å²) < 4.78 is 53.8. The number of nitrogens with one attached hydrogen (secondary N) is 1. The van der Waals surface area contributed by atoms with E-state index < -0.39 is 64.0 Å². The van der Waals surface area contributed by atoms with Crippen LogP contribution in [-0.4, -0.2) is 67.2 Å². The van der Waals surface area contributed by atoms with Gasteiger partial charge < -0.3 is 19.2 Å². The van der Waals surface area contributed by atoms with Crippen molar-refractivity contribution in [3.05, 3.63) is 59.5 Å². The van der Waals surface area contributed by atoms with Gasteiger partial charge in [0.2, 0.25) is 0 Å². The van der Waals surface area contributed by atoms with Crippen LogP contribution < -0.4 is 0 Å². The molecule has 2 N–H and O–H groups in total. The van der Waals surface area contributed by atoms with Crippen LogP contribution >= 0.6 is 0 Å². The average molecular weight is 578 g/mol. The van der Waals surface area contributed by atoms with Crippen molar-refractivity contribution in [1.29, 1.82) is 0 Å². The molecule has 1 aromatic rings. The predicted octanol–water partition coefficient (Wildman–Crippen LogP) is 3.37. The van der Waals surface area contributed by atoms with Crippen LogP contribution in [0, 0.1) is 23.2 Å². The summed E-state index contributed by atoms with van der Waals surface area (Å²) >= 11 is 0. The van der Waals surface area contributed by atoms with Crippen molar-refractivity contribution in [3.63, 3.8) is 0 Å². The van der Waals surface area contributed by atoms with Crippen LogP contribution in [0.5, 0.6) is 0 Å². The van der Waals surface area contributed by atoms with Crippen LogP contribution in [0.1, 0.15) is 51.0 Å². The number of hydrogen-bond donors (Lipinski definition) is 2. The molecule has 0 radical (unpaired) electrons. The first-order chi connectivity index (χ1) is 18.8. The molecule has 1 spiro atoms. The largest absolute Gasteiger partial charge is 0.457 e. The Morgan fingerprint density at radius 1 is 1.27 bits per heavy atom. The fourth-order valence-electron chi connectivity index (χ4n) is 6.10. The number of rotatable bonds is 6. The number of methoxy groups -OCH3 is 1. The Balaban J connectivity index is 1.80. The zero-order chi connectivity index (χ0) is 29.4. The third kappa shape index (κ3) is 5.85. The van der Waals surface area contributed by atoms with Gasteiger partial charge in [0.25, 0.3) is 0 Å². The van der Waals surface area contributed by atoms with Crippen molar-refractivity contribution >= 4 is 28.1 Å². The molecule has 3 unspecified atom stereocenters. The van der Waals surface area contributed by atoms with Gasteiger partial charge in [-0.05, 0) is 43.9 Å². The van der Waals surface area contributed by atoms with E-state index in [4.69, 9.17) is 18.4 Å². The summed E-state index contributed by atoms with van der Waals surface area (Å²) in [5.74, 6) is -2.81. The lowest BCUT2D eigenvalue weighted by molar-refractivity contribution is -0.169. The molecule has 12 heteroatoms. The standard InChI is InChI=1S/C28H35NO10S/c1-15-11-17(3)28-14-19(25(16(2)12-23(28)30)38-26(31)21-7-6-10-29-21)8-9-20(28)13-22(36-5)27(32)37-24(15)18(4)39-40(33,34)35/h6-11,14-16,18,20,22,24-25,29H,12-13H2,1-5H3,(H,33,34,35)/b17-11+/t15?,16-,18?,20?,22+,24+,25-,28-/m1/s1. The summed E-state index contributed by atoms with van der Waals surface area (Å²) in [5, 5.41) is 0. The van der Waals surface area contributed by atoms with E-state index in [-0.39, 0.29) is 24.5 Å². The van der Waals surface area contributed by atoms with Crippen LogP contribution in [0.4, 0.5) is 0 Å². The Morgan fingerprint density at radius 2 is 2.00 bits per heavy atom. The van der Waals surface area contributed by atoms with Crippen molar-refractivity contribution in [1.82, 2.24) is 4.98 Å². The number of ketones is 1. The monoisotopic (exact) mass is 577 g/mol. The van der Waals surface area contributed by atoms with Gasteiger partial charge in [-0.25, -0.2) is 13.8 Å². The van der Waals surface area contributed by atoms with E-state index >= 15 is 0 Å². The van der Waals surface area contributed by atoms with Gasteiger partial charge >= 0.3 is 22.3 Å². The lowest BCUT2D eigenvalue weighted by Crippen LogP contribution is -2.46. The second kappa shape index (κ2) is 11.4. The number of aromatic amines is 1. The SMILES string of the molecule is CO[C@H]1CC2C=CC3=C[C@@]2(C(=O)C[C@@H](C)[C@H]3OC(=O)c2ccc[nH]2)/C(C)=C/C(C)[C@@H](C(C)OS(=O)(=O)O)OC1=O. The maximum Gasteiger partial charge on any atom is 0.397 e. The van der Waals surface area contributed by atoms with E-state index in [1.54, 1.807) is 38.3 Å². The average Bonchev–Trinajstić information content (AvgIpc) is 3.39. The number of ether oxygens (including phenoxy) is 3. The first-order valence-corrected chi connectivity index (χ1v) is 14.5. The summed E-state index contributed by atoms with van der Waals surface area (Å²) in [6.07, 6.45) is 5.00. The van der Waals surface area contributed by atoms with Crippen molar-refractivity contribution < 1.29 is 45.7 Å². The number of H-pyrrole nitrogens is 1. The second-order valence-corrected chi connectivity index (χ2v) is 11.8. The summed E-state index contributed by atoms with van der Waals surface area (Å²) in [6, 6.07) is 3.30. The van der Waals surface area contributed by atoms with E-state index in [2.05, 4.69) is 4.98 Å². The van der Waals surface area contributed by atoms with Gasteiger partial charge in [-0.1, -0.05) is 43.7 Å². The highest BCUT2D eigenvalue weighted by Crippen LogP contribution is 2.50. The lowest BCUT2D eigenvalue weighted by Gasteiger charge is -2.41. The van der Waals surface area contributed by atoms with Crippen LogP contribution in [0.15, 0.2) is 53.8 Å². The minimum Gasteiger partial charge on any atom is -0.457 e. The summed E-state index contributed by atoms with van der Waals surface area (Å²) in [5.41, 5.74) is 0.459. The van der Waals surface area contributed by atoms with Crippen molar-refractivity contribution in [2.45, 2.75) is 65.0 Å². The number of cyclic esters (lactones) is 1. The van der Waals surface area contributed by atoms with Gasteiger partial charge in [-0.15, -0.1) is 0 Å². The number of aromatic nitrogens is 1. The molecule has 0 saturated heterocycles. The molecule has 0 saturated carbocycles. The smallest absolute Gasteiger partial charge is 0.397 e. The van der Waals surface area contributed by atoms with E-state index in [9.17, 15) is 27.4 Å². The Kier molecular flexibility index (Phi) is 8.55. The number of hydrogen-bond acceptors (Lipinski definition) is 9. The molecule has 11 nitrogen and oxygen atoms in total. The Bertz CT molecular complexity index is 1340. The molecule has 2 aliphatic carbocycles. The molecular weight excluding hydrogens is 542 g/mol. The number of Topliss-reactive ketones (excluding diaryl/α,β-unsaturated/α-hetero) is 1. The predicted molar refractivity (Wildman–Crippen MR) is 142 cm³/mol. The van der Waals surface area contributed by atoms with Crippen LogP contribution in [0.2, 0.25) is 0 Å². The summed E-state index contributed by atoms with van der Waals surface area (Å²) in [4.78, 5) is 43.0. The molecule has 2 bridgehead atoms. The van der Waals surface area contributed by atoms with Gasteiger partial charge in [0.05, 0.1) is 5.41 Å². The molecule has 8 atom stereocenters. The highest BCUT2D eigenvalue weighted by molar-refractivity contribution is 7.80. The van der Waals surface area contributed by atoms with E-state index in [1.165, 1.54) is 14.0 Å². The lowest BCUT2D eigenvalue weighted by atomic mass is 9.62. The fraction of sp³-hybridized carbons (Fsp3) is 0.536. The van der Waals surface area contributed by atoms with E-state index in [1.807, 2.05) is 25.2 Å². The van der Waals surface area contributed by atoms with Crippen LogP contribution in [0.3, 0.4) is 0 Å². The van der Waals surface area contributed by atoms with Gasteiger partial charge in [-0.2, -0.15) is 8.42 Å². The topological polar surface area (TPSA) is 158 Å². The first-order valence-electron chi connectivity index (χ1n) is 13.1. The third-order valence-corrected chi connectivity index (χ3v) is 8.60. The van der Waals surface area contributed by atoms with Crippen molar-refractivity contribution in [2.75, 3.05) is 7.11 Å². The molecular formula is C28H35NO10S. The maximum absolute atomic E-state index is 14.2. The highest BCUT2D eigenvalue weighted by atomic mass is 32.3. The summed E-state index contributed by atoms with van der Waals surface area (Å²) in [6.45, 7) is 6.73. The molecule has 0 amide bonds. The minimum atomic E-state index is -4.83. The molecule has 4 rings (SSSR count). The maximum atomic E-state index is 14.2. The second-order valence-electron chi connectivity index (χ2n) is 10.8. The third-order valence-electron chi connectivity index (χ3n) is 8.05. The number of carbonyl (C=O) groups excluding carboxylic acids is 3. The molecule has 1 aliphatic heterocycles. The molecule has 40 heavy (non-hydrogen) atoms. The molecule has 0 fully saturated rings. The van der Waals surface area contributed by atoms with Gasteiger partial charge in [0, 0.05) is 31.6 Å². The van der Waals surface area contributed by atoms with Crippen molar-refractivity contribution in [3.8, 4) is 0 Å². The van der Waals surface area contributed by atoms with Gasteiger partial charge in [-0.3, -0.25) is 9.35 Å². The zero-order valence-electron chi connectivity index (χ0n) is 23.0. The van der Waals surface area contributed by atoms with Gasteiger partial charge in [0.1, 0.15) is 29.8 Å². The van der Waals surface area contributed by atoms with Crippen LogP contribution in [-0.2, 0) is 38.4 Å². The quantitative estimate of drug-likeness (QED) is 0.292.